The second-order valence-corrected chi connectivity index (χ2v) is 17.9. The molecule has 1 aliphatic carbocycles. The van der Waals surface area contributed by atoms with Crippen LogP contribution in [0.3, 0.4) is 0 Å². The van der Waals surface area contributed by atoms with Crippen molar-refractivity contribution in [2.75, 3.05) is 43.0 Å². The normalized spacial score (nSPS) is 24.8. The maximum Gasteiger partial charge on any atom is 0.412 e. The molecule has 2 aromatic heterocycles. The molecule has 2 N–H and O–H groups in total. The van der Waals surface area contributed by atoms with Gasteiger partial charge in [0.15, 0.2) is 5.82 Å². The van der Waals surface area contributed by atoms with E-state index in [1.165, 1.54) is 17.0 Å². The van der Waals surface area contributed by atoms with Crippen LogP contribution in [0.25, 0.3) is 32.1 Å². The molecule has 0 radical (unpaired) electrons. The van der Waals surface area contributed by atoms with E-state index >= 15 is 8.78 Å². The number of carboxylic acid groups (broad SMARTS) is 1. The standard InChI is InChI=1S/C40H42F3N7O5S/c1-39(2,3)55-37(51)47-35-27(15-44)30-24(9-10-28(42)33(30)56-35)29-25(20-5-6-20)13-26-32(31(29)43)45-36(54-19-40-11-4-12-49(40)16-21(41)14-40)46-34(26)48-17-22-7-8-23(18-48)50(22)38(52)53/h9-10,13,20-23H,4-8,11-12,14,16-19H2,1-3H3,(H,47,51)(H,52,53)/t21-,22-,23+,40+/m1/s1. The van der Waals surface area contributed by atoms with E-state index in [2.05, 4.69) is 21.3 Å². The second kappa shape index (κ2) is 13.4. The fourth-order valence-electron chi connectivity index (χ4n) is 9.51. The Morgan fingerprint density at radius 3 is 2.55 bits per heavy atom. The lowest BCUT2D eigenvalue weighted by molar-refractivity contribution is 0.0636. The van der Waals surface area contributed by atoms with E-state index in [1.807, 2.05) is 11.0 Å². The molecule has 4 aliphatic heterocycles. The number of nitrogens with one attached hydrogen (secondary N) is 1. The predicted molar refractivity (Wildman–Crippen MR) is 204 cm³/mol. The topological polar surface area (TPSA) is 144 Å². The van der Waals surface area contributed by atoms with E-state index in [-0.39, 0.29) is 67.9 Å². The summed E-state index contributed by atoms with van der Waals surface area (Å²) in [7, 11) is 0. The highest BCUT2D eigenvalue weighted by molar-refractivity contribution is 7.23. The third kappa shape index (κ3) is 6.23. The van der Waals surface area contributed by atoms with Gasteiger partial charge >= 0.3 is 18.2 Å². The molecule has 2 aromatic carbocycles. The lowest BCUT2D eigenvalue weighted by atomic mass is 9.91. The third-order valence-corrected chi connectivity index (χ3v) is 13.1. The fourth-order valence-corrected chi connectivity index (χ4v) is 10.6. The van der Waals surface area contributed by atoms with E-state index in [4.69, 9.17) is 14.5 Å². The van der Waals surface area contributed by atoms with E-state index in [0.29, 0.717) is 55.7 Å². The number of fused-ring (bicyclic) bond motifs is 5. The van der Waals surface area contributed by atoms with Crippen molar-refractivity contribution < 1.29 is 37.3 Å². The van der Waals surface area contributed by atoms with Gasteiger partial charge in [-0.2, -0.15) is 15.2 Å². The average molecular weight is 790 g/mol. The first kappa shape index (κ1) is 36.7. The number of benzene rings is 2. The molecule has 5 fully saturated rings. The molecular weight excluding hydrogens is 748 g/mol. The number of ether oxygens (including phenoxy) is 2. The summed E-state index contributed by atoms with van der Waals surface area (Å²) in [6.07, 6.45) is 2.20. The number of rotatable bonds is 7. The van der Waals surface area contributed by atoms with Gasteiger partial charge in [0.05, 0.1) is 27.9 Å². The zero-order valence-electron chi connectivity index (χ0n) is 31.3. The van der Waals surface area contributed by atoms with Crippen LogP contribution < -0.4 is 15.0 Å². The lowest BCUT2D eigenvalue weighted by Gasteiger charge is -2.40. The van der Waals surface area contributed by atoms with Gasteiger partial charge in [-0.3, -0.25) is 15.1 Å². The molecular formula is C40H42F3N7O5S. The predicted octanol–water partition coefficient (Wildman–Crippen LogP) is 8.17. The van der Waals surface area contributed by atoms with Gasteiger partial charge in [-0.1, -0.05) is 6.07 Å². The molecule has 5 aliphatic rings. The fraction of sp³-hybridized carbons (Fsp3) is 0.525. The molecule has 0 unspecified atom stereocenters. The van der Waals surface area contributed by atoms with Crippen LogP contribution >= 0.6 is 11.3 Å². The summed E-state index contributed by atoms with van der Waals surface area (Å²) >= 11 is 0.875. The number of thiophene rings is 1. The van der Waals surface area contributed by atoms with Gasteiger partial charge in [0, 0.05) is 42.4 Å². The van der Waals surface area contributed by atoms with Crippen LogP contribution in [0.1, 0.15) is 82.8 Å². The summed E-state index contributed by atoms with van der Waals surface area (Å²) in [5, 5.41) is 23.7. The van der Waals surface area contributed by atoms with Crippen molar-refractivity contribution in [3.05, 3.63) is 41.0 Å². The molecule has 4 aromatic rings. The molecule has 0 spiro atoms. The number of nitriles is 1. The maximum absolute atomic E-state index is 17.8. The highest BCUT2D eigenvalue weighted by atomic mass is 32.1. The molecule has 9 rings (SSSR count). The third-order valence-electron chi connectivity index (χ3n) is 12.0. The number of carbonyl (C=O) groups excluding carboxylic acids is 1. The highest BCUT2D eigenvalue weighted by Crippen LogP contribution is 2.51. The number of aromatic nitrogens is 2. The van der Waals surface area contributed by atoms with Crippen LogP contribution in [0.15, 0.2) is 18.2 Å². The van der Waals surface area contributed by atoms with Crippen LogP contribution in [0, 0.1) is 23.0 Å². The van der Waals surface area contributed by atoms with E-state index < -0.39 is 41.1 Å². The van der Waals surface area contributed by atoms with Crippen molar-refractivity contribution in [3.8, 4) is 23.2 Å². The smallest absolute Gasteiger partial charge is 0.412 e. The SMILES string of the molecule is CC(C)(C)OC(=O)Nc1sc2c(F)ccc(-c3c(C4CC4)cc4c(N5C[C@H]6CC[C@@H](C5)N6C(=O)O)nc(OC[C@@]56CCCN5C[C@H](F)C6)nc4c3F)c2c1C#N. The van der Waals surface area contributed by atoms with Gasteiger partial charge < -0.3 is 19.5 Å². The van der Waals surface area contributed by atoms with E-state index in [0.717, 1.165) is 43.6 Å². The van der Waals surface area contributed by atoms with Crippen molar-refractivity contribution in [2.45, 2.75) is 101 Å². The molecule has 4 saturated heterocycles. The van der Waals surface area contributed by atoms with Crippen LogP contribution in [0.2, 0.25) is 0 Å². The quantitative estimate of drug-likeness (QED) is 0.188. The molecule has 4 atom stereocenters. The van der Waals surface area contributed by atoms with Gasteiger partial charge in [-0.05, 0) is 95.0 Å². The second-order valence-electron chi connectivity index (χ2n) is 16.8. The Kier molecular flexibility index (Phi) is 8.77. The first-order valence-corrected chi connectivity index (χ1v) is 20.0. The first-order chi connectivity index (χ1) is 26.7. The number of amides is 2. The minimum absolute atomic E-state index is 0.0196. The number of hydrogen-bond donors (Lipinski definition) is 2. The minimum atomic E-state index is -0.975. The molecule has 12 nitrogen and oxygen atoms in total. The number of anilines is 2. The first-order valence-electron chi connectivity index (χ1n) is 19.2. The van der Waals surface area contributed by atoms with Gasteiger partial charge in [0.25, 0.3) is 0 Å². The Hall–Kier alpha value is -4.88. The number of piperazine rings is 1. The van der Waals surface area contributed by atoms with Crippen molar-refractivity contribution in [3.63, 3.8) is 0 Å². The van der Waals surface area contributed by atoms with Crippen molar-refractivity contribution in [1.82, 2.24) is 19.8 Å². The number of alkyl halides is 1. The molecule has 56 heavy (non-hydrogen) atoms. The Morgan fingerprint density at radius 1 is 1.12 bits per heavy atom. The Labute approximate surface area is 325 Å². The van der Waals surface area contributed by atoms with Gasteiger partial charge in [0.1, 0.15) is 46.6 Å². The minimum Gasteiger partial charge on any atom is -0.465 e. The van der Waals surface area contributed by atoms with Gasteiger partial charge in [-0.25, -0.2) is 22.8 Å². The van der Waals surface area contributed by atoms with Crippen LogP contribution in [-0.2, 0) is 4.74 Å². The lowest BCUT2D eigenvalue weighted by Crippen LogP contribution is -2.55. The van der Waals surface area contributed by atoms with Gasteiger partial charge in [0.2, 0.25) is 0 Å². The number of carbonyl (C=O) groups is 2. The highest BCUT2D eigenvalue weighted by Gasteiger charge is 2.50. The van der Waals surface area contributed by atoms with Crippen LogP contribution in [0.4, 0.5) is 33.6 Å². The molecule has 6 heterocycles. The Bertz CT molecular complexity index is 2330. The molecule has 294 valence electrons. The summed E-state index contributed by atoms with van der Waals surface area (Å²) in [5.41, 5.74) is -0.283. The number of hydrogen-bond acceptors (Lipinski definition) is 10. The summed E-state index contributed by atoms with van der Waals surface area (Å²) in [5.74, 6) is -0.925. The Morgan fingerprint density at radius 2 is 1.88 bits per heavy atom. The zero-order chi connectivity index (χ0) is 39.3. The summed E-state index contributed by atoms with van der Waals surface area (Å²) < 4.78 is 59.8. The molecule has 16 heteroatoms. The van der Waals surface area contributed by atoms with Gasteiger partial charge in [-0.15, -0.1) is 11.3 Å². The summed E-state index contributed by atoms with van der Waals surface area (Å²) in [4.78, 5) is 40.2. The molecule has 2 bridgehead atoms. The monoisotopic (exact) mass is 789 g/mol. The van der Waals surface area contributed by atoms with E-state index in [9.17, 15) is 24.3 Å². The van der Waals surface area contributed by atoms with Crippen molar-refractivity contribution in [1.29, 1.82) is 5.26 Å². The zero-order valence-corrected chi connectivity index (χ0v) is 32.1. The number of nitrogens with zero attached hydrogens (tertiary/aromatic N) is 6. The van der Waals surface area contributed by atoms with E-state index in [1.54, 1.807) is 20.8 Å². The van der Waals surface area contributed by atoms with Crippen molar-refractivity contribution >= 4 is 55.3 Å². The van der Waals surface area contributed by atoms with Crippen molar-refractivity contribution in [2.24, 2.45) is 0 Å². The number of halogens is 3. The maximum atomic E-state index is 17.8. The van der Waals surface area contributed by atoms with Crippen LogP contribution in [-0.4, -0.2) is 99.2 Å². The van der Waals surface area contributed by atoms with Crippen LogP contribution in [0.5, 0.6) is 6.01 Å². The summed E-state index contributed by atoms with van der Waals surface area (Å²) in [6, 6.07) is 6.09. The Balaban J connectivity index is 1.20. The summed E-state index contributed by atoms with van der Waals surface area (Å²) in [6.45, 7) is 7.02. The largest absolute Gasteiger partial charge is 0.465 e. The average Bonchev–Trinajstić information content (AvgIpc) is 3.59. The molecule has 2 amide bonds. The molecule has 1 saturated carbocycles.